The summed E-state index contributed by atoms with van der Waals surface area (Å²) in [5, 5.41) is 21.8. The normalized spacial score (nSPS) is 55.2. The van der Waals surface area contributed by atoms with Gasteiger partial charge in [0.1, 0.15) is 0 Å². The zero-order chi connectivity index (χ0) is 11.6. The minimum absolute atomic E-state index is 0. The van der Waals surface area contributed by atoms with Crippen LogP contribution >= 0.6 is 0 Å². The molecule has 0 aromatic heterocycles. The molecule has 0 heterocycles. The Labute approximate surface area is 126 Å². The second kappa shape index (κ2) is 3.97. The first kappa shape index (κ1) is 13.9. The number of rotatable bonds is 1. The Balaban J connectivity index is 0.00000108. The van der Waals surface area contributed by atoms with Crippen molar-refractivity contribution in [2.45, 2.75) is 58.0 Å². The topological polar surface area (TPSA) is 46.8 Å². The van der Waals surface area contributed by atoms with Gasteiger partial charge in [0.15, 0.2) is 0 Å². The summed E-state index contributed by atoms with van der Waals surface area (Å²) in [5.41, 5.74) is -0.0952. The van der Waals surface area contributed by atoms with E-state index >= 15 is 0 Å². The molecule has 4 rings (SSSR count). The van der Waals surface area contributed by atoms with Gasteiger partial charge in [-0.15, -0.1) is 0 Å². The van der Waals surface area contributed by atoms with Crippen molar-refractivity contribution in [2.75, 3.05) is 0 Å². The van der Waals surface area contributed by atoms with Crippen LogP contribution in [0.3, 0.4) is 0 Å². The average Bonchev–Trinajstić information content (AvgIpc) is 2.11. The maximum absolute atomic E-state index is 12.9. The van der Waals surface area contributed by atoms with E-state index < -0.39 is 5.60 Å². The second-order valence-electron chi connectivity index (χ2n) is 7.30. The van der Waals surface area contributed by atoms with Crippen molar-refractivity contribution >= 4 is 0 Å². The van der Waals surface area contributed by atoms with Crippen LogP contribution in [0, 0.1) is 34.0 Å². The number of hydrogen-bond acceptors (Lipinski definition) is 2. The third kappa shape index (κ3) is 1.91. The molecular formula is C14H20NNaO. The molecule has 0 spiro atoms. The maximum atomic E-state index is 12.9. The largest absolute Gasteiger partial charge is 1.00 e. The van der Waals surface area contributed by atoms with Crippen molar-refractivity contribution in [3.8, 4) is 6.07 Å². The summed E-state index contributed by atoms with van der Waals surface area (Å²) in [4.78, 5) is 0. The molecule has 0 aliphatic heterocycles. The van der Waals surface area contributed by atoms with Crippen LogP contribution in [0.15, 0.2) is 0 Å². The minimum atomic E-state index is -0.909. The molecule has 4 fully saturated rings. The van der Waals surface area contributed by atoms with Crippen LogP contribution in [0.2, 0.25) is 0 Å². The van der Waals surface area contributed by atoms with E-state index in [1.54, 1.807) is 0 Å². The van der Waals surface area contributed by atoms with Gasteiger partial charge in [-0.05, 0) is 54.8 Å². The summed E-state index contributed by atoms with van der Waals surface area (Å²) >= 11 is 0. The van der Waals surface area contributed by atoms with Crippen molar-refractivity contribution in [2.24, 2.45) is 22.7 Å². The molecule has 0 amide bonds. The number of hydrogen-bond donors (Lipinski definition) is 0. The van der Waals surface area contributed by atoms with Gasteiger partial charge in [-0.1, -0.05) is 19.4 Å². The molecule has 88 valence electrons. The molecule has 4 aliphatic carbocycles. The third-order valence-corrected chi connectivity index (χ3v) is 5.55. The molecule has 3 heteroatoms. The molecule has 4 saturated carbocycles. The van der Waals surface area contributed by atoms with Crippen LogP contribution in [-0.2, 0) is 0 Å². The Morgan fingerprint density at radius 2 is 1.53 bits per heavy atom. The van der Waals surface area contributed by atoms with Crippen molar-refractivity contribution in [3.05, 3.63) is 0 Å². The van der Waals surface area contributed by atoms with E-state index in [1.807, 2.05) is 0 Å². The second-order valence-corrected chi connectivity index (χ2v) is 7.30. The van der Waals surface area contributed by atoms with E-state index in [2.05, 4.69) is 19.9 Å². The third-order valence-electron chi connectivity index (χ3n) is 5.55. The molecule has 0 radical (unpaired) electrons. The maximum Gasteiger partial charge on any atom is 1.00 e. The van der Waals surface area contributed by atoms with Gasteiger partial charge < -0.3 is 5.11 Å². The van der Waals surface area contributed by atoms with Gasteiger partial charge in [0.05, 0.1) is 6.07 Å². The molecule has 4 aliphatic rings. The first-order chi connectivity index (χ1) is 7.39. The molecule has 0 aromatic carbocycles. The van der Waals surface area contributed by atoms with Gasteiger partial charge in [-0.25, -0.2) is 0 Å². The summed E-state index contributed by atoms with van der Waals surface area (Å²) in [7, 11) is 0. The summed E-state index contributed by atoms with van der Waals surface area (Å²) < 4.78 is 0. The minimum Gasteiger partial charge on any atom is -0.848 e. The number of nitrogens with zero attached hydrogens (tertiary/aromatic N) is 1. The van der Waals surface area contributed by atoms with E-state index in [1.165, 1.54) is 6.42 Å². The van der Waals surface area contributed by atoms with E-state index in [4.69, 9.17) is 5.26 Å². The molecule has 0 atom stereocenters. The Morgan fingerprint density at radius 3 is 1.88 bits per heavy atom. The molecule has 0 saturated heterocycles. The van der Waals surface area contributed by atoms with Gasteiger partial charge in [0, 0.05) is 6.42 Å². The fraction of sp³-hybridized carbons (Fsp3) is 0.929. The van der Waals surface area contributed by atoms with E-state index in [0.29, 0.717) is 10.8 Å². The van der Waals surface area contributed by atoms with Gasteiger partial charge in [0.2, 0.25) is 0 Å². The standard InChI is InChI=1S/C14H20NO.Na/c1-12-5-10-7-13(2,9-12)8-11(6-12)14(10,16)3-4-15;/h10-11H,3,5-9H2,1-2H3;/q-1;+1. The number of nitriles is 1. The summed E-state index contributed by atoms with van der Waals surface area (Å²) in [5.74, 6) is 0.534. The van der Waals surface area contributed by atoms with Crippen molar-refractivity contribution < 1.29 is 34.7 Å². The smallest absolute Gasteiger partial charge is 0.848 e. The Morgan fingerprint density at radius 1 is 1.12 bits per heavy atom. The predicted octanol–water partition coefficient (Wildman–Crippen LogP) is -0.761. The van der Waals surface area contributed by atoms with Crippen molar-refractivity contribution in [1.82, 2.24) is 0 Å². The SMILES string of the molecule is CC12CC3CC(C)(CC(C1)C3([O-])CC#N)C2.[Na+]. The first-order valence-electron chi connectivity index (χ1n) is 6.47. The average molecular weight is 241 g/mol. The summed E-state index contributed by atoms with van der Waals surface area (Å²) in [6.07, 6.45) is 5.83. The predicted molar refractivity (Wildman–Crippen MR) is 59.2 cm³/mol. The molecule has 2 nitrogen and oxygen atoms in total. The Hall–Kier alpha value is 0.450. The quantitative estimate of drug-likeness (QED) is 0.567. The van der Waals surface area contributed by atoms with Crippen LogP contribution in [-0.4, -0.2) is 5.60 Å². The van der Waals surface area contributed by atoms with E-state index in [-0.39, 0.29) is 47.8 Å². The molecule has 0 N–H and O–H groups in total. The fourth-order valence-electron chi connectivity index (χ4n) is 5.45. The fourth-order valence-corrected chi connectivity index (χ4v) is 5.45. The van der Waals surface area contributed by atoms with Crippen LogP contribution in [0.1, 0.15) is 52.4 Å². The van der Waals surface area contributed by atoms with Gasteiger partial charge in [0.25, 0.3) is 0 Å². The molecular weight excluding hydrogens is 221 g/mol. The van der Waals surface area contributed by atoms with Gasteiger partial charge >= 0.3 is 29.6 Å². The Kier molecular flexibility index (Phi) is 3.24. The van der Waals surface area contributed by atoms with Gasteiger partial charge in [-0.2, -0.15) is 5.26 Å². The summed E-state index contributed by atoms with van der Waals surface area (Å²) in [6.45, 7) is 4.71. The van der Waals surface area contributed by atoms with Crippen LogP contribution in [0.4, 0.5) is 0 Å². The van der Waals surface area contributed by atoms with E-state index in [0.717, 1.165) is 25.7 Å². The molecule has 0 aromatic rings. The Bertz CT molecular complexity index is 337. The van der Waals surface area contributed by atoms with Crippen LogP contribution < -0.4 is 34.7 Å². The first-order valence-corrected chi connectivity index (χ1v) is 6.47. The van der Waals surface area contributed by atoms with Crippen LogP contribution in [0.5, 0.6) is 0 Å². The van der Waals surface area contributed by atoms with Crippen molar-refractivity contribution in [3.63, 3.8) is 0 Å². The molecule has 0 unspecified atom stereocenters. The zero-order valence-electron chi connectivity index (χ0n) is 11.3. The monoisotopic (exact) mass is 241 g/mol. The zero-order valence-corrected chi connectivity index (χ0v) is 13.3. The van der Waals surface area contributed by atoms with Crippen molar-refractivity contribution in [1.29, 1.82) is 5.26 Å². The van der Waals surface area contributed by atoms with Gasteiger partial charge in [-0.3, -0.25) is 0 Å². The van der Waals surface area contributed by atoms with Crippen LogP contribution in [0.25, 0.3) is 0 Å². The molecule has 17 heavy (non-hydrogen) atoms. The molecule has 4 bridgehead atoms. The summed E-state index contributed by atoms with van der Waals surface area (Å²) in [6, 6.07) is 2.15. The van der Waals surface area contributed by atoms with E-state index in [9.17, 15) is 5.11 Å².